The van der Waals surface area contributed by atoms with Crippen molar-refractivity contribution in [2.75, 3.05) is 6.54 Å². The third-order valence-corrected chi connectivity index (χ3v) is 2.18. The summed E-state index contributed by atoms with van der Waals surface area (Å²) >= 11 is 0. The minimum Gasteiger partial charge on any atom is -0.480 e. The molecule has 8 nitrogen and oxygen atoms in total. The number of aromatic nitrogens is 2. The van der Waals surface area contributed by atoms with E-state index in [1.807, 2.05) is 0 Å². The Bertz CT molecular complexity index is 461. The fourth-order valence-electron chi connectivity index (χ4n) is 1.27. The van der Waals surface area contributed by atoms with Gasteiger partial charge in [-0.15, -0.1) is 0 Å². The average molecular weight is 292 g/mol. The number of allylic oxidation sites excluding steroid dienone is 1. The van der Waals surface area contributed by atoms with Gasteiger partial charge in [0, 0.05) is 12.4 Å². The summed E-state index contributed by atoms with van der Waals surface area (Å²) in [6, 6.07) is 2.83. The molecular formula is C13H20N6O2. The molecule has 0 aliphatic carbocycles. The normalized spacial score (nSPS) is 11.9. The van der Waals surface area contributed by atoms with Crippen LogP contribution < -0.4 is 11.5 Å². The molecule has 0 amide bonds. The van der Waals surface area contributed by atoms with Crippen LogP contribution in [0.4, 0.5) is 0 Å². The van der Waals surface area contributed by atoms with Crippen LogP contribution in [0.3, 0.4) is 0 Å². The van der Waals surface area contributed by atoms with Crippen molar-refractivity contribution in [3.63, 3.8) is 0 Å². The summed E-state index contributed by atoms with van der Waals surface area (Å²) in [7, 11) is 0. The van der Waals surface area contributed by atoms with E-state index in [4.69, 9.17) is 16.2 Å². The lowest BCUT2D eigenvalue weighted by atomic mass is 10.1. The van der Waals surface area contributed by atoms with Crippen molar-refractivity contribution in [1.29, 1.82) is 5.41 Å². The number of rotatable bonds is 7. The zero-order valence-electron chi connectivity index (χ0n) is 11.6. The second kappa shape index (κ2) is 12.4. The van der Waals surface area contributed by atoms with Crippen LogP contribution in [0.1, 0.15) is 18.5 Å². The van der Waals surface area contributed by atoms with Crippen LogP contribution in [0.5, 0.6) is 0 Å². The first-order valence-corrected chi connectivity index (χ1v) is 6.26. The van der Waals surface area contributed by atoms with Gasteiger partial charge in [0.05, 0.1) is 12.0 Å². The Kier molecular flexibility index (Phi) is 10.9. The lowest BCUT2D eigenvalue weighted by molar-refractivity contribution is -0.138. The highest BCUT2D eigenvalue weighted by molar-refractivity contribution is 5.81. The fraction of sp³-hybridized carbons (Fsp3) is 0.308. The smallest absolute Gasteiger partial charge is 0.328 e. The number of carboxylic acid groups (broad SMARTS) is 1. The van der Waals surface area contributed by atoms with Crippen molar-refractivity contribution in [2.45, 2.75) is 18.9 Å². The molecule has 0 fully saturated rings. The SMILES string of the molecule is N=CN.NCCCC(N=C/C=C/c1cccnn1)C(=O)O. The second-order valence-corrected chi connectivity index (χ2v) is 3.76. The van der Waals surface area contributed by atoms with Crippen molar-refractivity contribution in [3.8, 4) is 0 Å². The van der Waals surface area contributed by atoms with E-state index in [9.17, 15) is 4.79 Å². The Morgan fingerprint density at radius 3 is 2.81 bits per heavy atom. The van der Waals surface area contributed by atoms with Gasteiger partial charge in [-0.2, -0.15) is 10.2 Å². The van der Waals surface area contributed by atoms with E-state index >= 15 is 0 Å². The van der Waals surface area contributed by atoms with Crippen molar-refractivity contribution in [3.05, 3.63) is 30.1 Å². The van der Waals surface area contributed by atoms with Crippen LogP contribution in [-0.2, 0) is 4.79 Å². The van der Waals surface area contributed by atoms with E-state index in [2.05, 4.69) is 20.9 Å². The first-order valence-electron chi connectivity index (χ1n) is 6.26. The van der Waals surface area contributed by atoms with Crippen LogP contribution in [0.15, 0.2) is 29.4 Å². The predicted octanol–water partition coefficient (Wildman–Crippen LogP) is 0.305. The molecule has 1 aromatic heterocycles. The minimum atomic E-state index is -0.937. The molecule has 0 aliphatic rings. The third kappa shape index (κ3) is 9.91. The van der Waals surface area contributed by atoms with E-state index in [-0.39, 0.29) is 0 Å². The topological polar surface area (TPSA) is 151 Å². The Balaban J connectivity index is 0.00000122. The van der Waals surface area contributed by atoms with E-state index < -0.39 is 12.0 Å². The maximum Gasteiger partial charge on any atom is 0.328 e. The molecule has 8 heteroatoms. The third-order valence-electron chi connectivity index (χ3n) is 2.18. The van der Waals surface area contributed by atoms with Crippen LogP contribution in [0.2, 0.25) is 0 Å². The highest BCUT2D eigenvalue weighted by Crippen LogP contribution is 2.01. The van der Waals surface area contributed by atoms with Gasteiger partial charge in [-0.3, -0.25) is 10.4 Å². The molecule has 1 aromatic rings. The number of carboxylic acids is 1. The molecule has 114 valence electrons. The molecular weight excluding hydrogens is 272 g/mol. The Morgan fingerprint density at radius 1 is 1.57 bits per heavy atom. The number of aliphatic imine (C=N–C) groups is 1. The Labute approximate surface area is 123 Å². The molecule has 0 radical (unpaired) electrons. The molecule has 0 spiro atoms. The molecule has 0 bridgehead atoms. The molecule has 1 rings (SSSR count). The molecule has 1 atom stereocenters. The highest BCUT2D eigenvalue weighted by Gasteiger charge is 2.13. The van der Waals surface area contributed by atoms with Gasteiger partial charge in [0.2, 0.25) is 0 Å². The molecule has 21 heavy (non-hydrogen) atoms. The van der Waals surface area contributed by atoms with Crippen LogP contribution in [-0.4, -0.2) is 46.4 Å². The molecule has 0 aromatic carbocycles. The van der Waals surface area contributed by atoms with Crippen molar-refractivity contribution in [1.82, 2.24) is 10.2 Å². The van der Waals surface area contributed by atoms with E-state index in [1.165, 1.54) is 6.21 Å². The summed E-state index contributed by atoms with van der Waals surface area (Å²) in [6.45, 7) is 0.467. The van der Waals surface area contributed by atoms with Gasteiger partial charge in [-0.1, -0.05) is 0 Å². The Morgan fingerprint density at radius 2 is 2.29 bits per heavy atom. The first kappa shape index (κ1) is 18.4. The summed E-state index contributed by atoms with van der Waals surface area (Å²) in [5.41, 5.74) is 10.4. The number of carbonyl (C=O) groups is 1. The lowest BCUT2D eigenvalue weighted by Crippen LogP contribution is -2.19. The number of nitrogens with zero attached hydrogens (tertiary/aromatic N) is 3. The van der Waals surface area contributed by atoms with Gasteiger partial charge in [0.1, 0.15) is 6.04 Å². The number of aliphatic carboxylic acids is 1. The maximum absolute atomic E-state index is 10.9. The van der Waals surface area contributed by atoms with Crippen LogP contribution in [0.25, 0.3) is 6.08 Å². The largest absolute Gasteiger partial charge is 0.480 e. The monoisotopic (exact) mass is 292 g/mol. The van der Waals surface area contributed by atoms with Crippen molar-refractivity contribution in [2.24, 2.45) is 16.5 Å². The van der Waals surface area contributed by atoms with Crippen molar-refractivity contribution < 1.29 is 9.90 Å². The predicted molar refractivity (Wildman–Crippen MR) is 82.2 cm³/mol. The average Bonchev–Trinajstić information content (AvgIpc) is 2.48. The fourth-order valence-corrected chi connectivity index (χ4v) is 1.27. The summed E-state index contributed by atoms with van der Waals surface area (Å²) in [5.74, 6) is -0.937. The van der Waals surface area contributed by atoms with Gasteiger partial charge in [-0.05, 0) is 43.7 Å². The Hall–Kier alpha value is -2.61. The maximum atomic E-state index is 10.9. The summed E-state index contributed by atoms with van der Waals surface area (Å²) in [5, 5.41) is 22.3. The number of hydrogen-bond acceptors (Lipinski definition) is 6. The number of nitrogens with two attached hydrogens (primary N) is 2. The van der Waals surface area contributed by atoms with Crippen LogP contribution in [0, 0.1) is 5.41 Å². The van der Waals surface area contributed by atoms with Gasteiger partial charge < -0.3 is 16.6 Å². The van der Waals surface area contributed by atoms with E-state index in [1.54, 1.807) is 30.5 Å². The van der Waals surface area contributed by atoms with Gasteiger partial charge in [0.15, 0.2) is 0 Å². The molecule has 6 N–H and O–H groups in total. The van der Waals surface area contributed by atoms with Gasteiger partial charge >= 0.3 is 5.97 Å². The van der Waals surface area contributed by atoms with Gasteiger partial charge in [-0.25, -0.2) is 4.79 Å². The quantitative estimate of drug-likeness (QED) is 0.419. The summed E-state index contributed by atoms with van der Waals surface area (Å²) < 4.78 is 0. The molecule has 0 saturated heterocycles. The summed E-state index contributed by atoms with van der Waals surface area (Å²) in [4.78, 5) is 14.8. The molecule has 0 saturated carbocycles. The second-order valence-electron chi connectivity index (χ2n) is 3.76. The number of nitrogens with one attached hydrogen (secondary N) is 1. The number of hydrogen-bond donors (Lipinski definition) is 4. The standard InChI is InChI=1S/C12H16N4O2.CH4N2/c13-7-1-6-11(12(17)18)14-8-2-4-10-5-3-9-15-16-10;2-1-3/h2-5,8-9,11H,1,6-7,13H2,(H,17,18);1H,(H3,2,3)/b4-2+,14-8?;. The zero-order chi connectivity index (χ0) is 15.9. The first-order chi connectivity index (χ1) is 10.2. The zero-order valence-corrected chi connectivity index (χ0v) is 11.6. The molecule has 0 aliphatic heterocycles. The lowest BCUT2D eigenvalue weighted by Gasteiger charge is -2.04. The van der Waals surface area contributed by atoms with Crippen LogP contribution >= 0.6 is 0 Å². The van der Waals surface area contributed by atoms with E-state index in [0.717, 1.165) is 6.34 Å². The van der Waals surface area contributed by atoms with E-state index in [0.29, 0.717) is 25.1 Å². The highest BCUT2D eigenvalue weighted by atomic mass is 16.4. The molecule has 1 unspecified atom stereocenters. The van der Waals surface area contributed by atoms with Crippen molar-refractivity contribution >= 4 is 24.6 Å². The minimum absolute atomic E-state index is 0.446. The molecule has 1 heterocycles. The summed E-state index contributed by atoms with van der Waals surface area (Å²) in [6.07, 6.45) is 8.23. The van der Waals surface area contributed by atoms with Gasteiger partial charge in [0.25, 0.3) is 0 Å².